The van der Waals surface area contributed by atoms with Gasteiger partial charge in [-0.15, -0.1) is 0 Å². The van der Waals surface area contributed by atoms with Crippen molar-refractivity contribution in [3.8, 4) is 12.1 Å². The van der Waals surface area contributed by atoms with Crippen LogP contribution < -0.4 is 0 Å². The van der Waals surface area contributed by atoms with Crippen molar-refractivity contribution in [3.63, 3.8) is 0 Å². The molecule has 0 saturated carbocycles. The van der Waals surface area contributed by atoms with Gasteiger partial charge in [-0.1, -0.05) is 30.3 Å². The van der Waals surface area contributed by atoms with Crippen LogP contribution >= 0.6 is 0 Å². The zero-order chi connectivity index (χ0) is 14.3. The molecule has 0 N–H and O–H groups in total. The number of carbonyl (C=O) groups is 1. The molecule has 0 spiro atoms. The van der Waals surface area contributed by atoms with Crippen LogP contribution in [0.15, 0.2) is 47.7 Å². The molecule has 0 radical (unpaired) electrons. The third-order valence-corrected chi connectivity index (χ3v) is 2.16. The van der Waals surface area contributed by atoms with Gasteiger partial charge >= 0.3 is 0 Å². The molecule has 1 aromatic carbocycles. The average molecular weight is 252 g/mol. The third kappa shape index (κ3) is 4.14. The summed E-state index contributed by atoms with van der Waals surface area (Å²) in [4.78, 5) is 11.0. The van der Waals surface area contributed by atoms with E-state index >= 15 is 0 Å². The predicted octanol–water partition coefficient (Wildman–Crippen LogP) is 2.95. The van der Waals surface area contributed by atoms with Crippen LogP contribution in [0.4, 0.5) is 0 Å². The molecule has 0 saturated heterocycles. The Balaban J connectivity index is 3.26. The lowest BCUT2D eigenvalue weighted by Gasteiger charge is -2.10. The van der Waals surface area contributed by atoms with Gasteiger partial charge in [0, 0.05) is 11.6 Å². The molecule has 0 amide bonds. The maximum Gasteiger partial charge on any atom is 0.172 e. The van der Waals surface area contributed by atoms with E-state index in [0.717, 1.165) is 0 Å². The average Bonchev–Trinajstić information content (AvgIpc) is 2.39. The molecule has 1 aromatic rings. The minimum Gasteiger partial charge on any atom is -0.459 e. The van der Waals surface area contributed by atoms with Crippen LogP contribution in [-0.4, -0.2) is 5.78 Å². The van der Waals surface area contributed by atoms with E-state index in [9.17, 15) is 4.79 Å². The number of hydrogen-bond donors (Lipinski definition) is 0. The topological polar surface area (TPSA) is 73.9 Å². The van der Waals surface area contributed by atoms with Crippen LogP contribution in [0, 0.1) is 22.7 Å². The molecule has 0 fully saturated rings. The smallest absolute Gasteiger partial charge is 0.172 e. The highest BCUT2D eigenvalue weighted by Gasteiger charge is 2.11. The van der Waals surface area contributed by atoms with E-state index in [1.165, 1.54) is 13.0 Å². The SMILES string of the molecule is CC(=O)/C=C(/C)OC(=C(C#N)C#N)c1ccccc1. The highest BCUT2D eigenvalue weighted by molar-refractivity contribution is 5.87. The standard InChI is InChI=1S/C15H12N2O2/c1-11(18)8-12(2)19-15(14(9-16)10-17)13-6-4-3-5-7-13/h3-8H,1-2H3/b12-8-. The second-order valence-electron chi connectivity index (χ2n) is 3.76. The number of rotatable bonds is 4. The fraction of sp³-hybridized carbons (Fsp3) is 0.133. The van der Waals surface area contributed by atoms with Gasteiger partial charge in [-0.25, -0.2) is 0 Å². The monoisotopic (exact) mass is 252 g/mol. The van der Waals surface area contributed by atoms with E-state index in [1.807, 2.05) is 6.07 Å². The van der Waals surface area contributed by atoms with Crippen LogP contribution in [0.2, 0.25) is 0 Å². The minimum atomic E-state index is -0.166. The van der Waals surface area contributed by atoms with Crippen molar-refractivity contribution < 1.29 is 9.53 Å². The lowest BCUT2D eigenvalue weighted by atomic mass is 10.1. The molecule has 0 heterocycles. The number of nitrogens with zero attached hydrogens (tertiary/aromatic N) is 2. The summed E-state index contributed by atoms with van der Waals surface area (Å²) in [5.74, 6) is 0.315. The first-order valence-corrected chi connectivity index (χ1v) is 5.55. The number of nitriles is 2. The number of hydrogen-bond acceptors (Lipinski definition) is 4. The Labute approximate surface area is 111 Å². The number of ether oxygens (including phenoxy) is 1. The first-order valence-electron chi connectivity index (χ1n) is 5.55. The molecule has 0 aliphatic rings. The maximum atomic E-state index is 11.0. The minimum absolute atomic E-state index is 0.137. The molecule has 0 aromatic heterocycles. The second kappa shape index (κ2) is 6.78. The first-order chi connectivity index (χ1) is 9.08. The van der Waals surface area contributed by atoms with E-state index in [-0.39, 0.29) is 17.1 Å². The van der Waals surface area contributed by atoms with Gasteiger partial charge < -0.3 is 4.74 Å². The number of allylic oxidation sites excluding steroid dienone is 3. The molecule has 4 nitrogen and oxygen atoms in total. The van der Waals surface area contributed by atoms with Crippen molar-refractivity contribution in [2.75, 3.05) is 0 Å². The Kier molecular flexibility index (Phi) is 5.07. The zero-order valence-electron chi connectivity index (χ0n) is 10.7. The van der Waals surface area contributed by atoms with E-state index in [0.29, 0.717) is 11.3 Å². The van der Waals surface area contributed by atoms with Crippen LogP contribution in [0.25, 0.3) is 5.76 Å². The Morgan fingerprint density at radius 1 is 1.16 bits per heavy atom. The van der Waals surface area contributed by atoms with E-state index in [1.54, 1.807) is 43.3 Å². The summed E-state index contributed by atoms with van der Waals surface area (Å²) >= 11 is 0. The van der Waals surface area contributed by atoms with Crippen molar-refractivity contribution in [1.29, 1.82) is 10.5 Å². The van der Waals surface area contributed by atoms with Crippen molar-refractivity contribution in [3.05, 3.63) is 53.3 Å². The van der Waals surface area contributed by atoms with E-state index in [2.05, 4.69) is 0 Å². The van der Waals surface area contributed by atoms with Gasteiger partial charge in [-0.2, -0.15) is 10.5 Å². The molecule has 4 heteroatoms. The lowest BCUT2D eigenvalue weighted by Crippen LogP contribution is -1.96. The van der Waals surface area contributed by atoms with Crippen LogP contribution in [-0.2, 0) is 9.53 Å². The molecule has 19 heavy (non-hydrogen) atoms. The number of benzene rings is 1. The van der Waals surface area contributed by atoms with Crippen molar-refractivity contribution in [2.45, 2.75) is 13.8 Å². The van der Waals surface area contributed by atoms with E-state index < -0.39 is 0 Å². The van der Waals surface area contributed by atoms with Crippen LogP contribution in [0.5, 0.6) is 0 Å². The summed E-state index contributed by atoms with van der Waals surface area (Å²) in [7, 11) is 0. The van der Waals surface area contributed by atoms with Crippen molar-refractivity contribution in [2.24, 2.45) is 0 Å². The molecule has 1 rings (SSSR count). The third-order valence-electron chi connectivity index (χ3n) is 2.16. The van der Waals surface area contributed by atoms with Crippen molar-refractivity contribution in [1.82, 2.24) is 0 Å². The fourth-order valence-electron chi connectivity index (χ4n) is 1.45. The summed E-state index contributed by atoms with van der Waals surface area (Å²) in [6.07, 6.45) is 1.30. The Hall–Kier alpha value is -2.85. The summed E-state index contributed by atoms with van der Waals surface area (Å²) < 4.78 is 5.47. The van der Waals surface area contributed by atoms with Crippen molar-refractivity contribution >= 4 is 11.5 Å². The Bertz CT molecular complexity index is 598. The van der Waals surface area contributed by atoms with Gasteiger partial charge in [-0.05, 0) is 13.8 Å². The number of ketones is 1. The van der Waals surface area contributed by atoms with Gasteiger partial charge in [0.1, 0.15) is 17.9 Å². The second-order valence-corrected chi connectivity index (χ2v) is 3.76. The van der Waals surface area contributed by atoms with Gasteiger partial charge in [0.25, 0.3) is 0 Å². The molecule has 0 aliphatic heterocycles. The van der Waals surface area contributed by atoms with Gasteiger partial charge in [0.15, 0.2) is 17.1 Å². The first kappa shape index (κ1) is 14.2. The molecule has 94 valence electrons. The highest BCUT2D eigenvalue weighted by Crippen LogP contribution is 2.22. The van der Waals surface area contributed by atoms with Gasteiger partial charge in [-0.3, -0.25) is 4.79 Å². The summed E-state index contributed by atoms with van der Waals surface area (Å²) in [5, 5.41) is 17.9. The maximum absolute atomic E-state index is 11.0. The summed E-state index contributed by atoms with van der Waals surface area (Å²) in [5.41, 5.74) is 0.472. The normalized spacial score (nSPS) is 10.0. The molecule has 0 aliphatic carbocycles. The predicted molar refractivity (Wildman–Crippen MR) is 70.1 cm³/mol. The zero-order valence-corrected chi connectivity index (χ0v) is 10.7. The summed E-state index contributed by atoms with van der Waals surface area (Å²) in [6.45, 7) is 2.99. The lowest BCUT2D eigenvalue weighted by molar-refractivity contribution is -0.112. The van der Waals surface area contributed by atoms with E-state index in [4.69, 9.17) is 15.3 Å². The molecular formula is C15H12N2O2. The fourth-order valence-corrected chi connectivity index (χ4v) is 1.45. The van der Waals surface area contributed by atoms with Gasteiger partial charge in [0.05, 0.1) is 0 Å². The van der Waals surface area contributed by atoms with Gasteiger partial charge in [0.2, 0.25) is 0 Å². The molecular weight excluding hydrogens is 240 g/mol. The molecule has 0 unspecified atom stereocenters. The highest BCUT2D eigenvalue weighted by atomic mass is 16.5. The quantitative estimate of drug-likeness (QED) is 0.469. The Morgan fingerprint density at radius 2 is 1.74 bits per heavy atom. The largest absolute Gasteiger partial charge is 0.459 e. The molecule has 0 atom stereocenters. The number of carbonyl (C=O) groups excluding carboxylic acids is 1. The van der Waals surface area contributed by atoms with Crippen LogP contribution in [0.3, 0.4) is 0 Å². The summed E-state index contributed by atoms with van der Waals surface area (Å²) in [6, 6.07) is 12.4. The Morgan fingerprint density at radius 3 is 2.21 bits per heavy atom. The van der Waals surface area contributed by atoms with Crippen LogP contribution in [0.1, 0.15) is 19.4 Å². The molecule has 0 bridgehead atoms.